The number of aromatic amines is 1. The molecule has 0 amide bonds. The second kappa shape index (κ2) is 6.22. The summed E-state index contributed by atoms with van der Waals surface area (Å²) >= 11 is 0. The van der Waals surface area contributed by atoms with Crippen LogP contribution in [0.2, 0.25) is 0 Å². The summed E-state index contributed by atoms with van der Waals surface area (Å²) in [6, 6.07) is 6.11. The van der Waals surface area contributed by atoms with Crippen molar-refractivity contribution in [2.45, 2.75) is 32.1 Å². The Morgan fingerprint density at radius 2 is 2.29 bits per heavy atom. The van der Waals surface area contributed by atoms with Crippen molar-refractivity contribution in [1.29, 1.82) is 0 Å². The number of nitrogens with zero attached hydrogens (tertiary/aromatic N) is 4. The number of rotatable bonds is 4. The Balaban J connectivity index is 1.71. The molecule has 1 fully saturated rings. The first-order valence-electron chi connectivity index (χ1n) is 7.46. The molecule has 0 unspecified atom stereocenters. The Bertz CT molecular complexity index is 580. The Kier molecular flexibility index (Phi) is 4.15. The van der Waals surface area contributed by atoms with Crippen LogP contribution in [0.4, 0.5) is 5.82 Å². The van der Waals surface area contributed by atoms with Crippen molar-refractivity contribution in [3.05, 3.63) is 35.3 Å². The summed E-state index contributed by atoms with van der Waals surface area (Å²) in [7, 11) is 0. The van der Waals surface area contributed by atoms with E-state index in [9.17, 15) is 0 Å². The Hall–Kier alpha value is -1.95. The van der Waals surface area contributed by atoms with Gasteiger partial charge in [-0.2, -0.15) is 10.2 Å². The van der Waals surface area contributed by atoms with Crippen LogP contribution in [-0.4, -0.2) is 45.2 Å². The summed E-state index contributed by atoms with van der Waals surface area (Å²) in [6.07, 6.45) is 2.90. The van der Waals surface area contributed by atoms with E-state index in [1.807, 2.05) is 19.1 Å². The zero-order valence-corrected chi connectivity index (χ0v) is 12.3. The molecule has 112 valence electrons. The number of aryl methyl sites for hydroxylation is 1. The molecule has 0 radical (unpaired) electrons. The molecular weight excluding hydrogens is 266 g/mol. The minimum atomic E-state index is 0.150. The molecule has 3 heterocycles. The minimum absolute atomic E-state index is 0.150. The molecule has 2 aromatic heterocycles. The Labute approximate surface area is 124 Å². The van der Waals surface area contributed by atoms with Crippen molar-refractivity contribution in [3.8, 4) is 0 Å². The molecule has 0 aliphatic carbocycles. The number of H-pyrrole nitrogens is 1. The predicted molar refractivity (Wildman–Crippen MR) is 80.3 cm³/mol. The number of piperidine rings is 1. The monoisotopic (exact) mass is 287 g/mol. The third kappa shape index (κ3) is 3.21. The van der Waals surface area contributed by atoms with E-state index < -0.39 is 0 Å². The molecule has 1 atom stereocenters. The summed E-state index contributed by atoms with van der Waals surface area (Å²) in [5.41, 5.74) is 3.02. The number of aliphatic hydroxyl groups excluding tert-OH is 1. The quantitative estimate of drug-likeness (QED) is 0.889. The molecule has 3 rings (SSSR count). The summed E-state index contributed by atoms with van der Waals surface area (Å²) < 4.78 is 0. The molecule has 21 heavy (non-hydrogen) atoms. The standard InChI is InChI=1S/C15H21N5O/c1-11-4-5-15(19-16-11)20-7-2-3-12(10-20)14-9-13(6-8-21)17-18-14/h4-5,9,12,21H,2-3,6-8,10H2,1H3,(H,17,18)/t12-/m0/s1. The largest absolute Gasteiger partial charge is 0.396 e. The fourth-order valence-corrected chi connectivity index (χ4v) is 2.82. The fraction of sp³-hybridized carbons (Fsp3) is 0.533. The van der Waals surface area contributed by atoms with Crippen LogP contribution < -0.4 is 4.90 Å². The van der Waals surface area contributed by atoms with Crippen molar-refractivity contribution < 1.29 is 5.11 Å². The van der Waals surface area contributed by atoms with Crippen molar-refractivity contribution in [3.63, 3.8) is 0 Å². The minimum Gasteiger partial charge on any atom is -0.396 e. The molecule has 0 bridgehead atoms. The second-order valence-electron chi connectivity index (χ2n) is 5.61. The number of anilines is 1. The molecule has 0 spiro atoms. The van der Waals surface area contributed by atoms with Gasteiger partial charge in [0.05, 0.1) is 11.4 Å². The van der Waals surface area contributed by atoms with Gasteiger partial charge in [-0.15, -0.1) is 5.10 Å². The molecule has 6 nitrogen and oxygen atoms in total. The lowest BCUT2D eigenvalue weighted by molar-refractivity contribution is 0.298. The molecule has 0 saturated carbocycles. The third-order valence-electron chi connectivity index (χ3n) is 3.98. The molecule has 6 heteroatoms. The van der Waals surface area contributed by atoms with E-state index in [2.05, 4.69) is 31.4 Å². The van der Waals surface area contributed by atoms with Crippen molar-refractivity contribution in [2.24, 2.45) is 0 Å². The van der Waals surface area contributed by atoms with Gasteiger partial charge in [-0.25, -0.2) is 0 Å². The van der Waals surface area contributed by atoms with Crippen molar-refractivity contribution in [1.82, 2.24) is 20.4 Å². The zero-order chi connectivity index (χ0) is 14.7. The van der Waals surface area contributed by atoms with E-state index in [1.54, 1.807) is 0 Å². The maximum Gasteiger partial charge on any atom is 0.151 e. The number of aromatic nitrogens is 4. The van der Waals surface area contributed by atoms with E-state index in [0.717, 1.165) is 48.8 Å². The van der Waals surface area contributed by atoms with Crippen LogP contribution in [-0.2, 0) is 6.42 Å². The highest BCUT2D eigenvalue weighted by atomic mass is 16.3. The lowest BCUT2D eigenvalue weighted by atomic mass is 9.94. The number of aliphatic hydroxyl groups is 1. The molecule has 1 saturated heterocycles. The number of hydrogen-bond donors (Lipinski definition) is 2. The van der Waals surface area contributed by atoms with Crippen LogP contribution in [0.1, 0.15) is 35.8 Å². The van der Waals surface area contributed by atoms with Gasteiger partial charge in [0.1, 0.15) is 0 Å². The lowest BCUT2D eigenvalue weighted by Crippen LogP contribution is -2.35. The van der Waals surface area contributed by atoms with Gasteiger partial charge in [0, 0.05) is 37.7 Å². The lowest BCUT2D eigenvalue weighted by Gasteiger charge is -2.32. The molecular formula is C15H21N5O. The van der Waals surface area contributed by atoms with Crippen LogP contribution in [0, 0.1) is 6.92 Å². The first-order valence-corrected chi connectivity index (χ1v) is 7.46. The third-order valence-corrected chi connectivity index (χ3v) is 3.98. The fourth-order valence-electron chi connectivity index (χ4n) is 2.82. The van der Waals surface area contributed by atoms with Gasteiger partial charge in [-0.3, -0.25) is 5.10 Å². The average Bonchev–Trinajstić information content (AvgIpc) is 2.97. The van der Waals surface area contributed by atoms with Gasteiger partial charge in [0.15, 0.2) is 5.82 Å². The van der Waals surface area contributed by atoms with Gasteiger partial charge in [0.25, 0.3) is 0 Å². The van der Waals surface area contributed by atoms with E-state index in [0.29, 0.717) is 12.3 Å². The zero-order valence-electron chi connectivity index (χ0n) is 12.3. The molecule has 1 aliphatic heterocycles. The molecule has 2 aromatic rings. The SMILES string of the molecule is Cc1ccc(N2CCC[C@H](c3cc(CCO)[nH]n3)C2)nn1. The Morgan fingerprint density at radius 3 is 3.05 bits per heavy atom. The highest BCUT2D eigenvalue weighted by molar-refractivity contribution is 5.39. The van der Waals surface area contributed by atoms with E-state index in [4.69, 9.17) is 5.11 Å². The van der Waals surface area contributed by atoms with Crippen LogP contribution in [0.5, 0.6) is 0 Å². The van der Waals surface area contributed by atoms with Gasteiger partial charge < -0.3 is 10.0 Å². The van der Waals surface area contributed by atoms with E-state index in [1.165, 1.54) is 0 Å². The maximum atomic E-state index is 8.98. The summed E-state index contributed by atoms with van der Waals surface area (Å²) in [5.74, 6) is 1.35. The van der Waals surface area contributed by atoms with Crippen molar-refractivity contribution >= 4 is 5.82 Å². The maximum absolute atomic E-state index is 8.98. The van der Waals surface area contributed by atoms with Crippen LogP contribution in [0.25, 0.3) is 0 Å². The predicted octanol–water partition coefficient (Wildman–Crippen LogP) is 1.43. The van der Waals surface area contributed by atoms with Crippen molar-refractivity contribution in [2.75, 3.05) is 24.6 Å². The normalized spacial score (nSPS) is 19.0. The highest BCUT2D eigenvalue weighted by Gasteiger charge is 2.24. The number of nitrogens with one attached hydrogen (secondary N) is 1. The van der Waals surface area contributed by atoms with Crippen LogP contribution in [0.3, 0.4) is 0 Å². The smallest absolute Gasteiger partial charge is 0.151 e. The average molecular weight is 287 g/mol. The van der Waals surface area contributed by atoms with Gasteiger partial charge in [-0.05, 0) is 38.0 Å². The van der Waals surface area contributed by atoms with Gasteiger partial charge in [0.2, 0.25) is 0 Å². The van der Waals surface area contributed by atoms with Gasteiger partial charge >= 0.3 is 0 Å². The van der Waals surface area contributed by atoms with E-state index >= 15 is 0 Å². The topological polar surface area (TPSA) is 77.9 Å². The highest BCUT2D eigenvalue weighted by Crippen LogP contribution is 2.28. The number of hydrogen-bond acceptors (Lipinski definition) is 5. The first-order chi connectivity index (χ1) is 10.3. The summed E-state index contributed by atoms with van der Waals surface area (Å²) in [5, 5.41) is 24.8. The molecule has 2 N–H and O–H groups in total. The summed E-state index contributed by atoms with van der Waals surface area (Å²) in [4.78, 5) is 2.28. The molecule has 0 aromatic carbocycles. The van der Waals surface area contributed by atoms with E-state index in [-0.39, 0.29) is 6.61 Å². The summed E-state index contributed by atoms with van der Waals surface area (Å²) in [6.45, 7) is 4.03. The molecule has 1 aliphatic rings. The Morgan fingerprint density at radius 1 is 1.38 bits per heavy atom. The van der Waals surface area contributed by atoms with Crippen LogP contribution >= 0.6 is 0 Å². The van der Waals surface area contributed by atoms with Crippen LogP contribution in [0.15, 0.2) is 18.2 Å². The van der Waals surface area contributed by atoms with Gasteiger partial charge in [-0.1, -0.05) is 0 Å². The first kappa shape index (κ1) is 14.0. The second-order valence-corrected chi connectivity index (χ2v) is 5.61.